The first kappa shape index (κ1) is 10.9. The van der Waals surface area contributed by atoms with Gasteiger partial charge < -0.3 is 5.32 Å². The maximum absolute atomic E-state index is 13.1. The molecule has 1 heterocycles. The molecule has 1 aliphatic heterocycles. The molecular weight excluding hydrogens is 213 g/mol. The van der Waals surface area contributed by atoms with Crippen molar-refractivity contribution in [1.29, 1.82) is 0 Å². The van der Waals surface area contributed by atoms with Gasteiger partial charge >= 0.3 is 0 Å². The van der Waals surface area contributed by atoms with E-state index in [2.05, 4.69) is 5.32 Å². The highest BCUT2D eigenvalue weighted by molar-refractivity contribution is 6.30. The molecular formula is C12H14ClFN. The van der Waals surface area contributed by atoms with Crippen LogP contribution in [0.4, 0.5) is 4.39 Å². The van der Waals surface area contributed by atoms with Crippen LogP contribution in [0.2, 0.25) is 5.02 Å². The number of rotatable bonds is 2. The lowest BCUT2D eigenvalue weighted by Gasteiger charge is -2.23. The molecule has 1 aliphatic rings. The Morgan fingerprint density at radius 1 is 1.33 bits per heavy atom. The van der Waals surface area contributed by atoms with Gasteiger partial charge in [0, 0.05) is 17.5 Å². The Labute approximate surface area is 94.6 Å². The Kier molecular flexibility index (Phi) is 3.60. The molecule has 81 valence electrons. The van der Waals surface area contributed by atoms with Crippen LogP contribution < -0.4 is 5.32 Å². The summed E-state index contributed by atoms with van der Waals surface area (Å²) in [6.07, 6.45) is 5.63. The second-order valence-corrected chi connectivity index (χ2v) is 4.36. The SMILES string of the molecule is Fc1cc(Cl)cc([CH][C@H]2CCCCN2)c1. The second kappa shape index (κ2) is 4.95. The number of hydrogen-bond acceptors (Lipinski definition) is 1. The predicted molar refractivity (Wildman–Crippen MR) is 60.5 cm³/mol. The third kappa shape index (κ3) is 3.18. The summed E-state index contributed by atoms with van der Waals surface area (Å²) < 4.78 is 13.1. The lowest BCUT2D eigenvalue weighted by molar-refractivity contribution is 0.440. The van der Waals surface area contributed by atoms with Gasteiger partial charge in [0.1, 0.15) is 5.82 Å². The van der Waals surface area contributed by atoms with Gasteiger partial charge in [-0.1, -0.05) is 18.0 Å². The molecule has 1 atom stereocenters. The lowest BCUT2D eigenvalue weighted by Crippen LogP contribution is -2.34. The zero-order valence-corrected chi connectivity index (χ0v) is 9.23. The number of halogens is 2. The Bertz CT molecular complexity index is 314. The molecule has 1 aromatic carbocycles. The van der Waals surface area contributed by atoms with E-state index in [4.69, 9.17) is 11.6 Å². The van der Waals surface area contributed by atoms with E-state index >= 15 is 0 Å². The number of benzene rings is 1. The number of hydrogen-bond donors (Lipinski definition) is 1. The van der Waals surface area contributed by atoms with Crippen LogP contribution in [0.3, 0.4) is 0 Å². The summed E-state index contributed by atoms with van der Waals surface area (Å²) >= 11 is 5.79. The first-order chi connectivity index (χ1) is 7.24. The van der Waals surface area contributed by atoms with E-state index in [9.17, 15) is 4.39 Å². The molecule has 0 saturated carbocycles. The smallest absolute Gasteiger partial charge is 0.124 e. The van der Waals surface area contributed by atoms with Gasteiger partial charge in [-0.25, -0.2) is 4.39 Å². The highest BCUT2D eigenvalue weighted by atomic mass is 35.5. The summed E-state index contributed by atoms with van der Waals surface area (Å²) in [4.78, 5) is 0. The van der Waals surface area contributed by atoms with Gasteiger partial charge in [0.25, 0.3) is 0 Å². The van der Waals surface area contributed by atoms with Crippen molar-refractivity contribution in [2.75, 3.05) is 6.54 Å². The van der Waals surface area contributed by atoms with Crippen LogP contribution >= 0.6 is 11.6 Å². The minimum atomic E-state index is -0.274. The maximum Gasteiger partial charge on any atom is 0.124 e. The zero-order chi connectivity index (χ0) is 10.7. The second-order valence-electron chi connectivity index (χ2n) is 3.93. The van der Waals surface area contributed by atoms with E-state index in [1.54, 1.807) is 6.07 Å². The van der Waals surface area contributed by atoms with Gasteiger partial charge in [-0.05, 0) is 43.1 Å². The van der Waals surface area contributed by atoms with E-state index in [0.29, 0.717) is 11.1 Å². The third-order valence-corrected chi connectivity index (χ3v) is 2.85. The van der Waals surface area contributed by atoms with Crippen LogP contribution in [-0.2, 0) is 0 Å². The quantitative estimate of drug-likeness (QED) is 0.817. The molecule has 1 N–H and O–H groups in total. The molecule has 1 aromatic rings. The summed E-state index contributed by atoms with van der Waals surface area (Å²) in [5.41, 5.74) is 0.861. The number of nitrogens with one attached hydrogen (secondary N) is 1. The van der Waals surface area contributed by atoms with Crippen molar-refractivity contribution >= 4 is 11.6 Å². The van der Waals surface area contributed by atoms with Crippen LogP contribution in [0.1, 0.15) is 24.8 Å². The Balaban J connectivity index is 2.02. The first-order valence-corrected chi connectivity index (χ1v) is 5.66. The standard InChI is InChI=1S/C12H14ClFN/c13-10-5-9(6-11(14)8-10)7-12-3-1-2-4-15-12/h5-8,12,15H,1-4H2/t12-/m1/s1. The molecule has 1 fully saturated rings. The fourth-order valence-electron chi connectivity index (χ4n) is 1.92. The molecule has 15 heavy (non-hydrogen) atoms. The monoisotopic (exact) mass is 226 g/mol. The maximum atomic E-state index is 13.1. The summed E-state index contributed by atoms with van der Waals surface area (Å²) in [5, 5.41) is 3.84. The fourth-order valence-corrected chi connectivity index (χ4v) is 2.15. The first-order valence-electron chi connectivity index (χ1n) is 5.28. The third-order valence-electron chi connectivity index (χ3n) is 2.63. The van der Waals surface area contributed by atoms with Crippen LogP contribution in [0, 0.1) is 12.2 Å². The highest BCUT2D eigenvalue weighted by Crippen LogP contribution is 2.19. The van der Waals surface area contributed by atoms with Crippen LogP contribution in [-0.4, -0.2) is 12.6 Å². The normalized spacial score (nSPS) is 21.6. The topological polar surface area (TPSA) is 12.0 Å². The Hall–Kier alpha value is -0.600. The lowest BCUT2D eigenvalue weighted by atomic mass is 9.98. The van der Waals surface area contributed by atoms with E-state index in [1.165, 1.54) is 25.0 Å². The van der Waals surface area contributed by atoms with E-state index in [0.717, 1.165) is 18.5 Å². The van der Waals surface area contributed by atoms with Crippen LogP contribution in [0.25, 0.3) is 0 Å². The van der Waals surface area contributed by atoms with Crippen molar-refractivity contribution in [3.05, 3.63) is 41.0 Å². The van der Waals surface area contributed by atoms with Gasteiger partial charge in [0.05, 0.1) is 0 Å². The average molecular weight is 227 g/mol. The highest BCUT2D eigenvalue weighted by Gasteiger charge is 2.13. The summed E-state index contributed by atoms with van der Waals surface area (Å²) in [7, 11) is 0. The van der Waals surface area contributed by atoms with Crippen molar-refractivity contribution in [3.8, 4) is 0 Å². The molecule has 0 aliphatic carbocycles. The Morgan fingerprint density at radius 2 is 2.20 bits per heavy atom. The van der Waals surface area contributed by atoms with Crippen LogP contribution in [0.15, 0.2) is 18.2 Å². The van der Waals surface area contributed by atoms with Crippen molar-refractivity contribution in [3.63, 3.8) is 0 Å². The van der Waals surface area contributed by atoms with Gasteiger partial charge in [-0.2, -0.15) is 0 Å². The van der Waals surface area contributed by atoms with Gasteiger partial charge in [0.15, 0.2) is 0 Å². The molecule has 1 nitrogen and oxygen atoms in total. The van der Waals surface area contributed by atoms with Crippen molar-refractivity contribution < 1.29 is 4.39 Å². The number of piperidine rings is 1. The molecule has 0 aromatic heterocycles. The molecule has 2 rings (SSSR count). The minimum Gasteiger partial charge on any atom is -0.313 e. The van der Waals surface area contributed by atoms with Gasteiger partial charge in [-0.3, -0.25) is 0 Å². The molecule has 0 bridgehead atoms. The van der Waals surface area contributed by atoms with Crippen molar-refractivity contribution in [2.45, 2.75) is 25.3 Å². The molecule has 0 amide bonds. The van der Waals surface area contributed by atoms with Gasteiger partial charge in [0.2, 0.25) is 0 Å². The molecule has 1 saturated heterocycles. The van der Waals surface area contributed by atoms with E-state index in [1.807, 2.05) is 6.42 Å². The molecule has 0 spiro atoms. The Morgan fingerprint density at radius 3 is 2.87 bits per heavy atom. The molecule has 1 radical (unpaired) electrons. The van der Waals surface area contributed by atoms with E-state index in [-0.39, 0.29) is 5.82 Å². The minimum absolute atomic E-state index is 0.274. The van der Waals surface area contributed by atoms with E-state index < -0.39 is 0 Å². The van der Waals surface area contributed by atoms with Crippen molar-refractivity contribution in [1.82, 2.24) is 5.32 Å². The predicted octanol–water partition coefficient (Wildman–Crippen LogP) is 3.17. The van der Waals surface area contributed by atoms with Crippen molar-refractivity contribution in [2.24, 2.45) is 0 Å². The summed E-state index contributed by atoms with van der Waals surface area (Å²) in [6.45, 7) is 1.05. The summed E-state index contributed by atoms with van der Waals surface area (Å²) in [6, 6.07) is 4.99. The van der Waals surface area contributed by atoms with Crippen LogP contribution in [0.5, 0.6) is 0 Å². The van der Waals surface area contributed by atoms with Gasteiger partial charge in [-0.15, -0.1) is 0 Å². The average Bonchev–Trinajstić information content (AvgIpc) is 2.17. The largest absolute Gasteiger partial charge is 0.313 e. The molecule has 3 heteroatoms. The molecule has 0 unspecified atom stereocenters. The zero-order valence-electron chi connectivity index (χ0n) is 8.47. The fraction of sp³-hybridized carbons (Fsp3) is 0.417. The summed E-state index contributed by atoms with van der Waals surface area (Å²) in [5.74, 6) is -0.274.